The van der Waals surface area contributed by atoms with Crippen LogP contribution in [-0.4, -0.2) is 0 Å². The highest BCUT2D eigenvalue weighted by Gasteiger charge is 1.95. The highest BCUT2D eigenvalue weighted by Crippen LogP contribution is 2.18. The third kappa shape index (κ3) is 63.0. The Kier molecular flexibility index (Phi) is 103. The molecule has 0 N–H and O–H groups in total. The van der Waals surface area contributed by atoms with Gasteiger partial charge in [-0.2, -0.15) is 0 Å². The molecule has 0 aromatic heterocycles. The molecule has 0 aliphatic carbocycles. The van der Waals surface area contributed by atoms with Gasteiger partial charge in [-0.1, -0.05) is 689 Å². The summed E-state index contributed by atoms with van der Waals surface area (Å²) in [5.41, 5.74) is 2.74. The Balaban J connectivity index is -0.000000245. The van der Waals surface area contributed by atoms with Crippen molar-refractivity contribution in [2.75, 3.05) is 0 Å². The van der Waals surface area contributed by atoms with Crippen molar-refractivity contribution in [3.05, 3.63) is 460 Å². The van der Waals surface area contributed by atoms with Crippen molar-refractivity contribution < 1.29 is 0 Å². The zero-order chi connectivity index (χ0) is 97.7. The lowest BCUT2D eigenvalue weighted by Gasteiger charge is -2.01. The third-order valence-corrected chi connectivity index (χ3v) is 15.7. The molecule has 0 heteroatoms. The van der Waals surface area contributed by atoms with Crippen LogP contribution in [0.1, 0.15) is 251 Å². The van der Waals surface area contributed by atoms with Crippen molar-refractivity contribution in [1.29, 1.82) is 0 Å². The molecule has 128 heavy (non-hydrogen) atoms. The Morgan fingerprint density at radius 1 is 0.125 bits per heavy atom. The van der Waals surface area contributed by atoms with Gasteiger partial charge in [0, 0.05) is 0 Å². The summed E-state index contributed by atoms with van der Waals surface area (Å²) in [4.78, 5) is 0. The highest BCUT2D eigenvalue weighted by atomic mass is 14.0. The molecule has 0 saturated heterocycles. The number of fused-ring (bicyclic) bond motifs is 8. The van der Waals surface area contributed by atoms with Crippen molar-refractivity contribution in [3.63, 3.8) is 0 Å². The molecule has 0 aliphatic heterocycles. The molecule has 0 amide bonds. The summed E-state index contributed by atoms with van der Waals surface area (Å²) in [6.45, 7) is 67.0. The van der Waals surface area contributed by atoms with Gasteiger partial charge in [0.15, 0.2) is 0 Å². The standard InChI is InChI=1S/8C10H8.C9H12.C7H8.2C3H8.13C2H6/c8*1-2-6-10-8-4-3-7-9(10)5-1;1-8(2)9-6-4-3-5-7-9;1-7-5-3-2-4-6-7;2*1-3-2;13*1-2/h8*1-8H;3-8H,1-2H3;2-6H,1H3;2*3H2,1-2H3;13*1-2H3. The van der Waals surface area contributed by atoms with Gasteiger partial charge >= 0.3 is 0 Å². The summed E-state index contributed by atoms with van der Waals surface area (Å²) in [7, 11) is 0. The summed E-state index contributed by atoms with van der Waals surface area (Å²) in [6.07, 6.45) is 2.50. The van der Waals surface area contributed by atoms with E-state index in [-0.39, 0.29) is 0 Å². The van der Waals surface area contributed by atoms with E-state index in [9.17, 15) is 0 Å². The second-order valence-corrected chi connectivity index (χ2v) is 24.4. The van der Waals surface area contributed by atoms with Crippen LogP contribution in [0, 0.1) is 6.92 Å². The van der Waals surface area contributed by atoms with Crippen LogP contribution in [0.4, 0.5) is 0 Å². The zero-order valence-corrected chi connectivity index (χ0v) is 86.7. The maximum Gasteiger partial charge on any atom is -0.0184 e. The molecule has 18 aromatic carbocycles. The van der Waals surface area contributed by atoms with Gasteiger partial charge in [0.05, 0.1) is 0 Å². The molecule has 690 valence electrons. The molecule has 0 spiro atoms. The highest BCUT2D eigenvalue weighted by molar-refractivity contribution is 5.87. The average molecular weight is 1720 g/mol. The first kappa shape index (κ1) is 129. The summed E-state index contributed by atoms with van der Waals surface area (Å²) < 4.78 is 0. The van der Waals surface area contributed by atoms with Crippen LogP contribution in [0.25, 0.3) is 86.2 Å². The van der Waals surface area contributed by atoms with E-state index in [1.807, 2.05) is 204 Å². The fraction of sp³-hybridized carbons (Fsp3) is 0.281. The van der Waals surface area contributed by atoms with Crippen LogP contribution in [0.2, 0.25) is 0 Å². The van der Waals surface area contributed by atoms with E-state index < -0.39 is 0 Å². The number of aryl methyl sites for hydroxylation is 1. The molecule has 0 nitrogen and oxygen atoms in total. The normalized spacial score (nSPS) is 8.33. The molecule has 0 radical (unpaired) electrons. The SMILES string of the molecule is CC.CC.CC.CC.CC.CC.CC.CC.CC.CC.CC.CC.CC.CC(C)c1ccccc1.CCC.CCC.Cc1ccccc1.c1ccc2ccccc2c1.c1ccc2ccccc2c1.c1ccc2ccccc2c1.c1ccc2ccccc2c1.c1ccc2ccccc2c1.c1ccc2ccccc2c1.c1ccc2ccccc2c1.c1ccc2ccccc2c1. The second-order valence-electron chi connectivity index (χ2n) is 24.4. The summed E-state index contributed by atoms with van der Waals surface area (Å²) in [5.74, 6) is 0.659. The second kappa shape index (κ2) is 102. The molecule has 0 bridgehead atoms. The monoisotopic (exact) mass is 1720 g/mol. The van der Waals surface area contributed by atoms with Crippen molar-refractivity contribution >= 4 is 86.2 Å². The maximum absolute atomic E-state index is 2.20. The van der Waals surface area contributed by atoms with E-state index in [0.29, 0.717) is 5.92 Å². The number of benzene rings is 18. The molecular formula is C128H178. The fourth-order valence-electron chi connectivity index (χ4n) is 10.4. The molecule has 18 aromatic rings. The number of rotatable bonds is 1. The van der Waals surface area contributed by atoms with Crippen LogP contribution >= 0.6 is 0 Å². The van der Waals surface area contributed by atoms with Gasteiger partial charge in [-0.25, -0.2) is 0 Å². The molecule has 18 rings (SSSR count). The van der Waals surface area contributed by atoms with Crippen LogP contribution in [0.3, 0.4) is 0 Å². The van der Waals surface area contributed by atoms with Crippen molar-refractivity contribution in [3.8, 4) is 0 Å². The summed E-state index contributed by atoms with van der Waals surface area (Å²) in [6, 6.07) is 154. The zero-order valence-electron chi connectivity index (χ0n) is 86.7. The van der Waals surface area contributed by atoms with E-state index in [2.05, 4.69) is 473 Å². The Hall–Kier alpha value is -12.0. The van der Waals surface area contributed by atoms with Gasteiger partial charge in [0.1, 0.15) is 0 Å². The van der Waals surface area contributed by atoms with Gasteiger partial charge in [-0.3, -0.25) is 0 Å². The predicted octanol–water partition coefficient (Wildman–Crippen LogP) is 43.7. The molecular weight excluding hydrogens is 1540 g/mol. The quantitative estimate of drug-likeness (QED) is 0.154. The third-order valence-electron chi connectivity index (χ3n) is 15.7. The van der Waals surface area contributed by atoms with Crippen molar-refractivity contribution in [2.45, 2.75) is 247 Å². The maximum atomic E-state index is 2.20. The van der Waals surface area contributed by atoms with Gasteiger partial charge in [-0.05, 0) is 105 Å². The van der Waals surface area contributed by atoms with E-state index in [1.165, 1.54) is 110 Å². The molecule has 0 fully saturated rings. The Bertz CT molecular complexity index is 3790. The summed E-state index contributed by atoms with van der Waals surface area (Å²) in [5, 5.41) is 21.0. The van der Waals surface area contributed by atoms with Crippen LogP contribution in [0.15, 0.2) is 449 Å². The average Bonchev–Trinajstić information content (AvgIpc) is 0.914. The van der Waals surface area contributed by atoms with E-state index in [1.54, 1.807) is 0 Å². The molecule has 0 heterocycles. The minimum Gasteiger partial charge on any atom is -0.0683 e. The topological polar surface area (TPSA) is 0 Å². The van der Waals surface area contributed by atoms with Crippen LogP contribution in [0.5, 0.6) is 0 Å². The lowest BCUT2D eigenvalue weighted by Crippen LogP contribution is -1.83. The van der Waals surface area contributed by atoms with Crippen LogP contribution in [-0.2, 0) is 0 Å². The van der Waals surface area contributed by atoms with E-state index in [4.69, 9.17) is 0 Å². The Morgan fingerprint density at radius 2 is 0.195 bits per heavy atom. The van der Waals surface area contributed by atoms with E-state index in [0.717, 1.165) is 0 Å². The van der Waals surface area contributed by atoms with Gasteiger partial charge in [0.25, 0.3) is 0 Å². The fourth-order valence-corrected chi connectivity index (χ4v) is 10.4. The van der Waals surface area contributed by atoms with Gasteiger partial charge in [-0.15, -0.1) is 0 Å². The predicted molar refractivity (Wildman–Crippen MR) is 603 cm³/mol. The lowest BCUT2D eigenvalue weighted by molar-refractivity contribution is 0.867. The first-order valence-electron chi connectivity index (χ1n) is 48.8. The van der Waals surface area contributed by atoms with Crippen molar-refractivity contribution in [2.24, 2.45) is 0 Å². The first-order chi connectivity index (χ1) is 63.3. The smallest absolute Gasteiger partial charge is 0.0184 e. The van der Waals surface area contributed by atoms with E-state index >= 15 is 0 Å². The minimum absolute atomic E-state index is 0.659. The summed E-state index contributed by atoms with van der Waals surface area (Å²) >= 11 is 0. The largest absolute Gasteiger partial charge is 0.0683 e. The van der Waals surface area contributed by atoms with Crippen LogP contribution < -0.4 is 0 Å². The molecule has 0 aliphatic rings. The number of hydrogen-bond donors (Lipinski definition) is 0. The lowest BCUT2D eigenvalue weighted by atomic mass is 10.0. The molecule has 0 unspecified atom stereocenters. The molecule has 0 saturated carbocycles. The van der Waals surface area contributed by atoms with Gasteiger partial charge < -0.3 is 0 Å². The van der Waals surface area contributed by atoms with Gasteiger partial charge in [0.2, 0.25) is 0 Å². The number of hydrogen-bond acceptors (Lipinski definition) is 0. The minimum atomic E-state index is 0.659. The Morgan fingerprint density at radius 3 is 0.250 bits per heavy atom. The first-order valence-corrected chi connectivity index (χ1v) is 48.8. The molecule has 0 atom stereocenters. The van der Waals surface area contributed by atoms with Crippen molar-refractivity contribution in [1.82, 2.24) is 0 Å². The Labute approximate surface area is 788 Å².